The molecule has 0 saturated heterocycles. The summed E-state index contributed by atoms with van der Waals surface area (Å²) in [5.41, 5.74) is 0.0548. The van der Waals surface area contributed by atoms with Gasteiger partial charge in [-0.25, -0.2) is 0 Å². The fourth-order valence-electron chi connectivity index (χ4n) is 1.67. The molecule has 0 radical (unpaired) electrons. The molecule has 0 unspecified atom stereocenters. The van der Waals surface area contributed by atoms with Crippen LogP contribution in [0.25, 0.3) is 0 Å². The van der Waals surface area contributed by atoms with Gasteiger partial charge in [0.25, 0.3) is 0 Å². The molecule has 1 aromatic carbocycles. The van der Waals surface area contributed by atoms with Crippen LogP contribution in [-0.4, -0.2) is 31.6 Å². The second kappa shape index (κ2) is 7.67. The zero-order valence-electron chi connectivity index (χ0n) is 13.0. The number of ether oxygens (including phenoxy) is 3. The Bertz CT molecular complexity index is 488. The minimum atomic E-state index is -0.466. The van der Waals surface area contributed by atoms with E-state index < -0.39 is 5.60 Å². The van der Waals surface area contributed by atoms with Gasteiger partial charge in [0.2, 0.25) is 0 Å². The highest BCUT2D eigenvalue weighted by Crippen LogP contribution is 2.27. The molecule has 5 heteroatoms. The molecule has 0 amide bonds. The summed E-state index contributed by atoms with van der Waals surface area (Å²) in [5, 5.41) is 0. The lowest BCUT2D eigenvalue weighted by Gasteiger charge is -2.19. The highest BCUT2D eigenvalue weighted by Gasteiger charge is 2.15. The van der Waals surface area contributed by atoms with Gasteiger partial charge in [0.05, 0.1) is 13.7 Å². The SMILES string of the molecule is COc1cc(C=O)ccc1OCCCC(=O)OC(C)(C)C. The van der Waals surface area contributed by atoms with Crippen molar-refractivity contribution in [2.45, 2.75) is 39.2 Å². The summed E-state index contributed by atoms with van der Waals surface area (Å²) in [6.45, 7) is 5.87. The predicted molar refractivity (Wildman–Crippen MR) is 79.0 cm³/mol. The van der Waals surface area contributed by atoms with Crippen LogP contribution >= 0.6 is 0 Å². The molecule has 0 aromatic heterocycles. The van der Waals surface area contributed by atoms with Crippen LogP contribution in [-0.2, 0) is 9.53 Å². The fourth-order valence-corrected chi connectivity index (χ4v) is 1.67. The molecule has 0 spiro atoms. The van der Waals surface area contributed by atoms with Gasteiger partial charge in [-0.05, 0) is 45.4 Å². The Hall–Kier alpha value is -2.04. The summed E-state index contributed by atoms with van der Waals surface area (Å²) in [6, 6.07) is 4.94. The molecule has 0 fully saturated rings. The van der Waals surface area contributed by atoms with Crippen LogP contribution in [0.4, 0.5) is 0 Å². The van der Waals surface area contributed by atoms with Gasteiger partial charge in [-0.3, -0.25) is 9.59 Å². The normalized spacial score (nSPS) is 10.9. The molecule has 0 aliphatic carbocycles. The number of carbonyl (C=O) groups excluding carboxylic acids is 2. The Morgan fingerprint density at radius 1 is 1.24 bits per heavy atom. The van der Waals surface area contributed by atoms with Crippen molar-refractivity contribution in [1.82, 2.24) is 0 Å². The van der Waals surface area contributed by atoms with Crippen molar-refractivity contribution in [3.8, 4) is 11.5 Å². The molecule has 0 atom stereocenters. The topological polar surface area (TPSA) is 61.8 Å². The van der Waals surface area contributed by atoms with Crippen LogP contribution < -0.4 is 9.47 Å². The maximum Gasteiger partial charge on any atom is 0.306 e. The van der Waals surface area contributed by atoms with Gasteiger partial charge in [0.15, 0.2) is 11.5 Å². The molecule has 116 valence electrons. The third-order valence-electron chi connectivity index (χ3n) is 2.53. The van der Waals surface area contributed by atoms with Gasteiger partial charge < -0.3 is 14.2 Å². The van der Waals surface area contributed by atoms with Crippen LogP contribution in [0.15, 0.2) is 18.2 Å². The van der Waals surface area contributed by atoms with E-state index in [0.717, 1.165) is 6.29 Å². The summed E-state index contributed by atoms with van der Waals surface area (Å²) < 4.78 is 15.9. The van der Waals surface area contributed by atoms with Crippen molar-refractivity contribution in [3.63, 3.8) is 0 Å². The molecule has 0 saturated carbocycles. The van der Waals surface area contributed by atoms with Crippen molar-refractivity contribution in [3.05, 3.63) is 23.8 Å². The molecule has 0 aliphatic rings. The Morgan fingerprint density at radius 2 is 1.95 bits per heavy atom. The minimum Gasteiger partial charge on any atom is -0.493 e. The Kier molecular flexibility index (Phi) is 6.21. The smallest absolute Gasteiger partial charge is 0.306 e. The van der Waals surface area contributed by atoms with Gasteiger partial charge in [-0.2, -0.15) is 0 Å². The standard InChI is InChI=1S/C16H22O5/c1-16(2,3)21-15(18)6-5-9-20-13-8-7-12(11-17)10-14(13)19-4/h7-8,10-11H,5-6,9H2,1-4H3. The van der Waals surface area contributed by atoms with E-state index in [1.54, 1.807) is 18.2 Å². The summed E-state index contributed by atoms with van der Waals surface area (Å²) >= 11 is 0. The molecule has 0 heterocycles. The Balaban J connectivity index is 2.42. The highest BCUT2D eigenvalue weighted by atomic mass is 16.6. The van der Waals surface area contributed by atoms with E-state index in [1.165, 1.54) is 7.11 Å². The molecular formula is C16H22O5. The third kappa shape index (κ3) is 6.29. The van der Waals surface area contributed by atoms with Gasteiger partial charge in [-0.1, -0.05) is 0 Å². The molecular weight excluding hydrogens is 272 g/mol. The summed E-state index contributed by atoms with van der Waals surface area (Å²) in [7, 11) is 1.51. The Labute approximate surface area is 125 Å². The van der Waals surface area contributed by atoms with E-state index in [1.807, 2.05) is 20.8 Å². The first-order chi connectivity index (χ1) is 9.85. The number of aldehydes is 1. The zero-order valence-corrected chi connectivity index (χ0v) is 13.0. The van der Waals surface area contributed by atoms with Gasteiger partial charge >= 0.3 is 5.97 Å². The van der Waals surface area contributed by atoms with Gasteiger partial charge in [0, 0.05) is 12.0 Å². The molecule has 1 rings (SSSR count). The van der Waals surface area contributed by atoms with Crippen molar-refractivity contribution in [2.75, 3.05) is 13.7 Å². The fraction of sp³-hybridized carbons (Fsp3) is 0.500. The van der Waals surface area contributed by atoms with E-state index in [2.05, 4.69) is 0 Å². The molecule has 0 bridgehead atoms. The predicted octanol–water partition coefficient (Wildman–Crippen LogP) is 3.01. The van der Waals surface area contributed by atoms with Crippen LogP contribution in [0.3, 0.4) is 0 Å². The van der Waals surface area contributed by atoms with Crippen molar-refractivity contribution < 1.29 is 23.8 Å². The zero-order chi connectivity index (χ0) is 15.9. The average molecular weight is 294 g/mol. The number of hydrogen-bond acceptors (Lipinski definition) is 5. The number of rotatable bonds is 7. The van der Waals surface area contributed by atoms with E-state index in [-0.39, 0.29) is 5.97 Å². The van der Waals surface area contributed by atoms with E-state index in [9.17, 15) is 9.59 Å². The maximum atomic E-state index is 11.5. The second-order valence-corrected chi connectivity index (χ2v) is 5.57. The molecule has 1 aromatic rings. The van der Waals surface area contributed by atoms with Crippen LogP contribution in [0, 0.1) is 0 Å². The van der Waals surface area contributed by atoms with Gasteiger partial charge in [-0.15, -0.1) is 0 Å². The van der Waals surface area contributed by atoms with Crippen molar-refractivity contribution in [1.29, 1.82) is 0 Å². The summed E-state index contributed by atoms with van der Waals surface area (Å²) in [4.78, 5) is 22.2. The van der Waals surface area contributed by atoms with Crippen molar-refractivity contribution >= 4 is 12.3 Å². The first-order valence-electron chi connectivity index (χ1n) is 6.83. The Morgan fingerprint density at radius 3 is 2.52 bits per heavy atom. The molecule has 5 nitrogen and oxygen atoms in total. The average Bonchev–Trinajstić information content (AvgIpc) is 2.41. The largest absolute Gasteiger partial charge is 0.493 e. The summed E-state index contributed by atoms with van der Waals surface area (Å²) in [5.74, 6) is 0.804. The lowest BCUT2D eigenvalue weighted by molar-refractivity contribution is -0.155. The summed E-state index contributed by atoms with van der Waals surface area (Å²) in [6.07, 6.45) is 1.59. The first-order valence-corrected chi connectivity index (χ1v) is 6.83. The monoisotopic (exact) mass is 294 g/mol. The number of methoxy groups -OCH3 is 1. The number of carbonyl (C=O) groups is 2. The van der Waals surface area contributed by atoms with Crippen molar-refractivity contribution in [2.24, 2.45) is 0 Å². The second-order valence-electron chi connectivity index (χ2n) is 5.57. The van der Waals surface area contributed by atoms with Crippen LogP contribution in [0.5, 0.6) is 11.5 Å². The van der Waals surface area contributed by atoms with E-state index in [0.29, 0.717) is 36.5 Å². The number of benzene rings is 1. The van der Waals surface area contributed by atoms with Gasteiger partial charge in [0.1, 0.15) is 11.9 Å². The third-order valence-corrected chi connectivity index (χ3v) is 2.53. The molecule has 0 N–H and O–H groups in total. The highest BCUT2D eigenvalue weighted by molar-refractivity contribution is 5.76. The molecule has 21 heavy (non-hydrogen) atoms. The lowest BCUT2D eigenvalue weighted by Crippen LogP contribution is -2.23. The number of hydrogen-bond donors (Lipinski definition) is 0. The van der Waals surface area contributed by atoms with Crippen LogP contribution in [0.2, 0.25) is 0 Å². The van der Waals surface area contributed by atoms with E-state index >= 15 is 0 Å². The quantitative estimate of drug-likeness (QED) is 0.439. The van der Waals surface area contributed by atoms with Crippen LogP contribution in [0.1, 0.15) is 44.0 Å². The number of esters is 1. The first kappa shape index (κ1) is 17.0. The minimum absolute atomic E-state index is 0.241. The lowest BCUT2D eigenvalue weighted by atomic mass is 10.2. The molecule has 0 aliphatic heterocycles. The maximum absolute atomic E-state index is 11.5. The van der Waals surface area contributed by atoms with E-state index in [4.69, 9.17) is 14.2 Å².